The van der Waals surface area contributed by atoms with Gasteiger partial charge < -0.3 is 61.6 Å². The Bertz CT molecular complexity index is 411. The van der Waals surface area contributed by atoms with Gasteiger partial charge in [0, 0.05) is 55.3 Å². The van der Waals surface area contributed by atoms with Crippen molar-refractivity contribution in [1.82, 2.24) is 5.32 Å². The Morgan fingerprint density at radius 1 is 0.840 bits per heavy atom. The fourth-order valence-corrected chi connectivity index (χ4v) is 1.72. The minimum absolute atomic E-state index is 0. The molecule has 0 spiro atoms. The van der Waals surface area contributed by atoms with Crippen LogP contribution in [0.25, 0.3) is 0 Å². The molecule has 0 heterocycles. The summed E-state index contributed by atoms with van der Waals surface area (Å²) in [6.45, 7) is -0.929. The summed E-state index contributed by atoms with van der Waals surface area (Å²) in [6.07, 6.45) is -2.94. The Labute approximate surface area is 244 Å². The van der Waals surface area contributed by atoms with E-state index in [0.29, 0.717) is 0 Å². The van der Waals surface area contributed by atoms with Crippen LogP contribution in [0.2, 0.25) is 0 Å². The standard InChI is InChI=1S/C10H16N2O8.2K.Mg.2H2O/c11-5(1-6(13)14)10(2-7(15)16,3-8(17)18)12-4-9(19)20;;;;;/h5,12H,1-4,11H2,(H,13,14)(H,15,16)(H,17,18)(H,19,20);;;;2*1H2/q;2*+1;+2;;/p-4. The van der Waals surface area contributed by atoms with Crippen LogP contribution in [-0.4, -0.2) is 76.0 Å². The summed E-state index contributed by atoms with van der Waals surface area (Å²) in [5, 5.41) is 44.3. The molecule has 0 aromatic carbocycles. The monoisotopic (exact) mass is 426 g/mol. The minimum Gasteiger partial charge on any atom is -0.550 e. The number of rotatable bonds is 10. The predicted octanol–water partition coefficient (Wildman–Crippen LogP) is -15.2. The van der Waals surface area contributed by atoms with Crippen molar-refractivity contribution < 1.29 is 153 Å². The molecule has 0 fully saturated rings. The molecule has 15 heteroatoms. The number of nitrogens with two attached hydrogens (primary N) is 1. The fourth-order valence-electron chi connectivity index (χ4n) is 1.72. The van der Waals surface area contributed by atoms with Crippen LogP contribution in [0, 0.1) is 0 Å². The number of aliphatic carboxylic acids is 4. The molecule has 12 nitrogen and oxygen atoms in total. The number of carbonyl (C=O) groups excluding carboxylic acids is 4. The van der Waals surface area contributed by atoms with Gasteiger partial charge in [-0.2, -0.15) is 0 Å². The summed E-state index contributed by atoms with van der Waals surface area (Å²) in [7, 11) is 0. The SMILES string of the molecule is NC(CC(=O)[O-])C(CC(=O)[O-])(CC(=O)[O-])NCC(=O)[O-].O.O.[K+].[K+].[Mg+2]. The van der Waals surface area contributed by atoms with Gasteiger partial charge >= 0.3 is 126 Å². The van der Waals surface area contributed by atoms with Crippen molar-refractivity contribution in [3.63, 3.8) is 0 Å². The van der Waals surface area contributed by atoms with E-state index < -0.39 is 61.3 Å². The third-order valence-electron chi connectivity index (χ3n) is 2.60. The summed E-state index contributed by atoms with van der Waals surface area (Å²) in [5.74, 6) is -6.81. The molecule has 0 rings (SSSR count). The Kier molecular flexibility index (Phi) is 33.8. The molecule has 0 saturated carbocycles. The number of hydrogen-bond acceptors (Lipinski definition) is 10. The Morgan fingerprint density at radius 3 is 1.44 bits per heavy atom. The fraction of sp³-hybridized carbons (Fsp3) is 0.600. The minimum atomic E-state index is -2.07. The Balaban J connectivity index is -0.000000180. The maximum Gasteiger partial charge on any atom is 2.00 e. The van der Waals surface area contributed by atoms with Crippen LogP contribution in [0.4, 0.5) is 0 Å². The third kappa shape index (κ3) is 18.9. The second-order valence-electron chi connectivity index (χ2n) is 4.16. The number of carbonyl (C=O) groups is 4. The molecule has 1 atom stereocenters. The average Bonchev–Trinajstić information content (AvgIpc) is 2.23. The molecule has 0 radical (unpaired) electrons. The topological polar surface area (TPSA) is 262 Å². The van der Waals surface area contributed by atoms with Crippen molar-refractivity contribution in [1.29, 1.82) is 0 Å². The molecule has 0 aliphatic heterocycles. The van der Waals surface area contributed by atoms with Gasteiger partial charge in [0.25, 0.3) is 0 Å². The predicted molar refractivity (Wildman–Crippen MR) is 65.6 cm³/mol. The van der Waals surface area contributed by atoms with E-state index in [-0.39, 0.29) is 137 Å². The quantitative estimate of drug-likeness (QED) is 0.311. The summed E-state index contributed by atoms with van der Waals surface area (Å²) >= 11 is 0. The second kappa shape index (κ2) is 20.5. The number of hydrogen-bond donors (Lipinski definition) is 2. The van der Waals surface area contributed by atoms with Gasteiger partial charge in [0.15, 0.2) is 0 Å². The number of carboxylic acids is 4. The normalized spacial score (nSPS) is 10.1. The van der Waals surface area contributed by atoms with Gasteiger partial charge in [-0.1, -0.05) is 0 Å². The van der Waals surface area contributed by atoms with Gasteiger partial charge in [0.05, 0.1) is 5.97 Å². The number of carboxylic acid groups (broad SMARTS) is 4. The first-order valence-electron chi connectivity index (χ1n) is 5.39. The summed E-state index contributed by atoms with van der Waals surface area (Å²) < 4.78 is 0. The average molecular weight is 427 g/mol. The zero-order valence-corrected chi connectivity index (χ0v) is 21.6. The number of nitrogens with one attached hydrogen (secondary N) is 1. The van der Waals surface area contributed by atoms with Crippen molar-refractivity contribution >= 4 is 46.9 Å². The van der Waals surface area contributed by atoms with Gasteiger partial charge in [-0.15, -0.1) is 0 Å². The van der Waals surface area contributed by atoms with Gasteiger partial charge in [-0.05, 0) is 0 Å². The van der Waals surface area contributed by atoms with E-state index in [1.54, 1.807) is 0 Å². The Morgan fingerprint density at radius 2 is 1.20 bits per heavy atom. The van der Waals surface area contributed by atoms with E-state index in [2.05, 4.69) is 5.32 Å². The third-order valence-corrected chi connectivity index (χ3v) is 2.60. The van der Waals surface area contributed by atoms with Crippen LogP contribution < -0.4 is 134 Å². The molecule has 7 N–H and O–H groups in total. The smallest absolute Gasteiger partial charge is 0.550 e. The maximum absolute atomic E-state index is 10.7. The van der Waals surface area contributed by atoms with E-state index in [9.17, 15) is 39.6 Å². The maximum atomic E-state index is 10.7. The molecule has 25 heavy (non-hydrogen) atoms. The molecule has 0 aliphatic carbocycles. The zero-order chi connectivity index (χ0) is 15.9. The van der Waals surface area contributed by atoms with Crippen molar-refractivity contribution in [2.24, 2.45) is 5.73 Å². The van der Waals surface area contributed by atoms with Crippen molar-refractivity contribution in [2.45, 2.75) is 30.8 Å². The van der Waals surface area contributed by atoms with Crippen molar-refractivity contribution in [2.75, 3.05) is 6.54 Å². The van der Waals surface area contributed by atoms with Crippen LogP contribution in [0.5, 0.6) is 0 Å². The van der Waals surface area contributed by atoms with E-state index in [0.717, 1.165) is 0 Å². The van der Waals surface area contributed by atoms with Gasteiger partial charge in [-0.25, -0.2) is 0 Å². The molecular weight excluding hydrogens is 411 g/mol. The molecule has 0 bridgehead atoms. The second-order valence-corrected chi connectivity index (χ2v) is 4.16. The summed E-state index contributed by atoms with van der Waals surface area (Å²) in [4.78, 5) is 42.3. The zero-order valence-electron chi connectivity index (χ0n) is 14.0. The van der Waals surface area contributed by atoms with Gasteiger partial charge in [-0.3, -0.25) is 0 Å². The largest absolute Gasteiger partial charge is 2.00 e. The molecule has 130 valence electrons. The van der Waals surface area contributed by atoms with Crippen LogP contribution in [0.3, 0.4) is 0 Å². The van der Waals surface area contributed by atoms with Crippen LogP contribution >= 0.6 is 0 Å². The summed E-state index contributed by atoms with van der Waals surface area (Å²) in [5.41, 5.74) is 3.39. The van der Waals surface area contributed by atoms with Gasteiger partial charge in [0.1, 0.15) is 0 Å². The molecule has 0 aliphatic rings. The summed E-state index contributed by atoms with van der Waals surface area (Å²) in [6, 6.07) is -1.55. The molecule has 0 saturated heterocycles. The van der Waals surface area contributed by atoms with Crippen molar-refractivity contribution in [3.8, 4) is 0 Å². The van der Waals surface area contributed by atoms with E-state index in [1.165, 1.54) is 0 Å². The molecule has 1 unspecified atom stereocenters. The first-order chi connectivity index (χ1) is 9.09. The molecule has 0 amide bonds. The van der Waals surface area contributed by atoms with Crippen LogP contribution in [0.15, 0.2) is 0 Å². The first kappa shape index (κ1) is 41.2. The van der Waals surface area contributed by atoms with Crippen LogP contribution in [0.1, 0.15) is 19.3 Å². The molecule has 0 aromatic heterocycles. The van der Waals surface area contributed by atoms with Crippen LogP contribution in [-0.2, 0) is 19.2 Å². The molecule has 0 aromatic rings. The van der Waals surface area contributed by atoms with E-state index in [4.69, 9.17) is 5.73 Å². The van der Waals surface area contributed by atoms with Gasteiger partial charge in [0.2, 0.25) is 0 Å². The van der Waals surface area contributed by atoms with E-state index in [1.807, 2.05) is 0 Å². The van der Waals surface area contributed by atoms with Crippen molar-refractivity contribution in [3.05, 3.63) is 0 Å². The first-order valence-corrected chi connectivity index (χ1v) is 5.39. The Hall–Kier alpha value is 1.76. The molecular formula is C10H16K2MgN2O10. The van der Waals surface area contributed by atoms with E-state index >= 15 is 0 Å².